The lowest BCUT2D eigenvalue weighted by Gasteiger charge is -2.24. The van der Waals surface area contributed by atoms with Crippen molar-refractivity contribution in [2.24, 2.45) is 0 Å². The molecule has 8 nitrogen and oxygen atoms in total. The average molecular weight is 697 g/mol. The van der Waals surface area contributed by atoms with Crippen LogP contribution in [0.5, 0.6) is 0 Å². The van der Waals surface area contributed by atoms with Crippen LogP contribution in [0.1, 0.15) is 69.2 Å². The standard InChI is InChI=1S/C45H36N4O4/c1-23-20-40(48-42(50)34-16-10-30(21-38(34)44(48)52)28-6-12-32(46)13-7-28)24(2)18-36(23)37-19-25(3)41(27(5)26(37)4)49-43(51)35-17-11-31(22-39(35)45(49)53)29-8-14-33(47)15-9-29/h6-22H,46-47H2,1-5H3. The fraction of sp³-hybridized carbons (Fsp3) is 0.111. The SMILES string of the molecule is Cc1cc(N2C(=O)c3ccc(-c4ccc(N)cc4)cc3C2=O)c(C)cc1-c1cc(C)c(N2C(=O)c3ccc(-c4ccc(N)cc4)cc3C2=O)c(C)c1C. The zero-order valence-electron chi connectivity index (χ0n) is 30.0. The maximum atomic E-state index is 13.9. The van der Waals surface area contributed by atoms with Crippen LogP contribution in [0.25, 0.3) is 33.4 Å². The molecule has 4 amide bonds. The summed E-state index contributed by atoms with van der Waals surface area (Å²) in [7, 11) is 0. The van der Waals surface area contributed by atoms with Crippen LogP contribution in [0, 0.1) is 34.6 Å². The molecule has 53 heavy (non-hydrogen) atoms. The third-order valence-corrected chi connectivity index (χ3v) is 10.6. The smallest absolute Gasteiger partial charge is 0.266 e. The number of benzene rings is 6. The normalized spacial score (nSPS) is 13.6. The molecule has 0 bridgehead atoms. The Morgan fingerprint density at radius 2 is 0.811 bits per heavy atom. The number of nitrogens with zero attached hydrogens (tertiary/aromatic N) is 2. The van der Waals surface area contributed by atoms with Crippen LogP contribution < -0.4 is 21.3 Å². The van der Waals surface area contributed by atoms with Gasteiger partial charge < -0.3 is 11.5 Å². The molecule has 0 aromatic heterocycles. The quantitative estimate of drug-likeness (QED) is 0.137. The topological polar surface area (TPSA) is 127 Å². The first kappa shape index (κ1) is 33.3. The Bertz CT molecular complexity index is 2600. The summed E-state index contributed by atoms with van der Waals surface area (Å²) in [5.41, 5.74) is 25.0. The molecule has 260 valence electrons. The van der Waals surface area contributed by atoms with Crippen LogP contribution in [-0.4, -0.2) is 23.6 Å². The predicted octanol–water partition coefficient (Wildman–Crippen LogP) is 9.00. The predicted molar refractivity (Wildman–Crippen MR) is 210 cm³/mol. The Kier molecular flexibility index (Phi) is 7.65. The van der Waals surface area contributed by atoms with Crippen molar-refractivity contribution in [2.75, 3.05) is 21.3 Å². The van der Waals surface area contributed by atoms with E-state index in [9.17, 15) is 19.2 Å². The molecule has 2 aliphatic heterocycles. The van der Waals surface area contributed by atoms with Gasteiger partial charge in [0.1, 0.15) is 0 Å². The summed E-state index contributed by atoms with van der Waals surface area (Å²) < 4.78 is 0. The summed E-state index contributed by atoms with van der Waals surface area (Å²) in [4.78, 5) is 57.8. The summed E-state index contributed by atoms with van der Waals surface area (Å²) in [6.07, 6.45) is 0. The Labute approximate surface area is 307 Å². The Hall–Kier alpha value is -6.80. The minimum absolute atomic E-state index is 0.356. The van der Waals surface area contributed by atoms with Crippen LogP contribution >= 0.6 is 0 Å². The molecule has 4 N–H and O–H groups in total. The Morgan fingerprint density at radius 3 is 1.34 bits per heavy atom. The molecule has 6 aromatic carbocycles. The lowest BCUT2D eigenvalue weighted by molar-refractivity contribution is 0.0910. The molecule has 0 radical (unpaired) electrons. The molecule has 6 aromatic rings. The number of anilines is 4. The van der Waals surface area contributed by atoms with Crippen molar-refractivity contribution >= 4 is 46.4 Å². The number of fused-ring (bicyclic) bond motifs is 2. The summed E-state index contributed by atoms with van der Waals surface area (Å²) in [6.45, 7) is 9.66. The van der Waals surface area contributed by atoms with Gasteiger partial charge in [-0.1, -0.05) is 36.4 Å². The number of rotatable bonds is 5. The highest BCUT2D eigenvalue weighted by Crippen LogP contribution is 2.42. The van der Waals surface area contributed by atoms with Gasteiger partial charge in [0.15, 0.2) is 0 Å². The summed E-state index contributed by atoms with van der Waals surface area (Å²) in [5, 5.41) is 0. The van der Waals surface area contributed by atoms with Gasteiger partial charge in [0, 0.05) is 11.4 Å². The van der Waals surface area contributed by atoms with Gasteiger partial charge in [-0.25, -0.2) is 9.80 Å². The van der Waals surface area contributed by atoms with E-state index in [1.165, 1.54) is 9.80 Å². The number of nitrogens with two attached hydrogens (primary N) is 2. The van der Waals surface area contributed by atoms with Gasteiger partial charge in [0.2, 0.25) is 0 Å². The molecule has 8 heteroatoms. The molecular formula is C45H36N4O4. The fourth-order valence-corrected chi connectivity index (χ4v) is 7.64. The molecule has 2 heterocycles. The van der Waals surface area contributed by atoms with Gasteiger partial charge in [-0.15, -0.1) is 0 Å². The minimum Gasteiger partial charge on any atom is -0.399 e. The van der Waals surface area contributed by atoms with Gasteiger partial charge in [-0.05, 0) is 163 Å². The lowest BCUT2D eigenvalue weighted by atomic mass is 9.89. The Balaban J connectivity index is 1.12. The van der Waals surface area contributed by atoms with E-state index in [2.05, 4.69) is 0 Å². The number of carbonyl (C=O) groups is 4. The van der Waals surface area contributed by atoms with Crippen molar-refractivity contribution in [3.05, 3.63) is 153 Å². The molecule has 2 aliphatic rings. The molecule has 0 saturated carbocycles. The van der Waals surface area contributed by atoms with Crippen LogP contribution in [0.15, 0.2) is 103 Å². The van der Waals surface area contributed by atoms with Crippen molar-refractivity contribution in [3.8, 4) is 33.4 Å². The molecule has 0 unspecified atom stereocenters. The first-order valence-electron chi connectivity index (χ1n) is 17.3. The first-order valence-corrected chi connectivity index (χ1v) is 17.3. The van der Waals surface area contributed by atoms with E-state index < -0.39 is 0 Å². The summed E-state index contributed by atoms with van der Waals surface area (Å²) in [6, 6.07) is 31.3. The zero-order chi connectivity index (χ0) is 37.5. The summed E-state index contributed by atoms with van der Waals surface area (Å²) >= 11 is 0. The third-order valence-electron chi connectivity index (χ3n) is 10.6. The maximum Gasteiger partial charge on any atom is 0.266 e. The highest BCUT2D eigenvalue weighted by molar-refractivity contribution is 6.36. The number of amides is 4. The van der Waals surface area contributed by atoms with Crippen LogP contribution in [0.2, 0.25) is 0 Å². The molecule has 0 fully saturated rings. The molecule has 0 atom stereocenters. The third kappa shape index (κ3) is 5.21. The molecule has 0 spiro atoms. The van der Waals surface area contributed by atoms with Crippen molar-refractivity contribution < 1.29 is 19.2 Å². The van der Waals surface area contributed by atoms with E-state index in [4.69, 9.17) is 11.5 Å². The largest absolute Gasteiger partial charge is 0.399 e. The number of carbonyl (C=O) groups excluding carboxylic acids is 4. The van der Waals surface area contributed by atoms with Crippen molar-refractivity contribution in [2.45, 2.75) is 34.6 Å². The van der Waals surface area contributed by atoms with E-state index in [0.29, 0.717) is 45.0 Å². The van der Waals surface area contributed by atoms with Gasteiger partial charge in [-0.2, -0.15) is 0 Å². The number of hydrogen-bond donors (Lipinski definition) is 2. The molecule has 0 saturated heterocycles. The van der Waals surface area contributed by atoms with Gasteiger partial charge >= 0.3 is 0 Å². The number of nitrogen functional groups attached to an aromatic ring is 2. The summed E-state index contributed by atoms with van der Waals surface area (Å²) in [5.74, 6) is -1.45. The van der Waals surface area contributed by atoms with E-state index in [-0.39, 0.29) is 23.6 Å². The molecular weight excluding hydrogens is 661 g/mol. The van der Waals surface area contributed by atoms with Crippen LogP contribution in [0.3, 0.4) is 0 Å². The van der Waals surface area contributed by atoms with Gasteiger partial charge in [-0.3, -0.25) is 19.2 Å². The van der Waals surface area contributed by atoms with E-state index in [1.807, 2.05) is 89.2 Å². The van der Waals surface area contributed by atoms with Crippen LogP contribution in [-0.2, 0) is 0 Å². The Morgan fingerprint density at radius 1 is 0.377 bits per heavy atom. The van der Waals surface area contributed by atoms with Crippen molar-refractivity contribution in [1.29, 1.82) is 0 Å². The van der Waals surface area contributed by atoms with Crippen molar-refractivity contribution in [3.63, 3.8) is 0 Å². The second-order valence-electron chi connectivity index (χ2n) is 13.9. The van der Waals surface area contributed by atoms with Gasteiger partial charge in [0.25, 0.3) is 23.6 Å². The van der Waals surface area contributed by atoms with E-state index in [0.717, 1.165) is 61.2 Å². The monoisotopic (exact) mass is 696 g/mol. The molecule has 8 rings (SSSR count). The van der Waals surface area contributed by atoms with E-state index in [1.54, 1.807) is 48.5 Å². The van der Waals surface area contributed by atoms with Crippen LogP contribution in [0.4, 0.5) is 22.7 Å². The average Bonchev–Trinajstić information content (AvgIpc) is 3.54. The van der Waals surface area contributed by atoms with Crippen molar-refractivity contribution in [1.82, 2.24) is 0 Å². The zero-order valence-corrected chi connectivity index (χ0v) is 30.0. The second kappa shape index (κ2) is 12.2. The second-order valence-corrected chi connectivity index (χ2v) is 13.9. The number of aryl methyl sites for hydroxylation is 3. The molecule has 0 aliphatic carbocycles. The maximum absolute atomic E-state index is 13.9. The fourth-order valence-electron chi connectivity index (χ4n) is 7.64. The lowest BCUT2D eigenvalue weighted by Crippen LogP contribution is -2.31. The number of hydrogen-bond acceptors (Lipinski definition) is 6. The first-order chi connectivity index (χ1) is 25.3. The minimum atomic E-state index is -0.369. The van der Waals surface area contributed by atoms with Gasteiger partial charge in [0.05, 0.1) is 33.6 Å². The van der Waals surface area contributed by atoms with E-state index >= 15 is 0 Å². The number of imide groups is 2. The highest BCUT2D eigenvalue weighted by Gasteiger charge is 2.40. The highest BCUT2D eigenvalue weighted by atomic mass is 16.2.